The average molecular weight is 294 g/mol. The van der Waals surface area contributed by atoms with Gasteiger partial charge < -0.3 is 5.73 Å². The van der Waals surface area contributed by atoms with Gasteiger partial charge in [-0.2, -0.15) is 12.7 Å². The van der Waals surface area contributed by atoms with Crippen molar-refractivity contribution < 1.29 is 8.42 Å². The van der Waals surface area contributed by atoms with Crippen LogP contribution in [0, 0.1) is 0 Å². The number of hydrogen-bond donors (Lipinski definition) is 2. The Kier molecular flexibility index (Phi) is 4.10. The minimum absolute atomic E-state index is 0.414. The third-order valence-electron chi connectivity index (χ3n) is 3.09. The van der Waals surface area contributed by atoms with Crippen molar-refractivity contribution >= 4 is 32.5 Å². The Labute approximate surface area is 118 Å². The molecule has 0 amide bonds. The van der Waals surface area contributed by atoms with Crippen LogP contribution in [0.4, 0.5) is 11.4 Å². The van der Waals surface area contributed by atoms with Crippen molar-refractivity contribution in [3.05, 3.63) is 30.5 Å². The molecule has 0 aliphatic carbocycles. The first-order valence-corrected chi connectivity index (χ1v) is 7.84. The number of rotatable bonds is 5. The van der Waals surface area contributed by atoms with Gasteiger partial charge >= 0.3 is 10.2 Å². The molecule has 0 atom stereocenters. The fourth-order valence-electron chi connectivity index (χ4n) is 2.05. The van der Waals surface area contributed by atoms with E-state index in [4.69, 9.17) is 5.73 Å². The number of fused-ring (bicyclic) bond motifs is 1. The van der Waals surface area contributed by atoms with E-state index >= 15 is 0 Å². The molecule has 2 aromatic rings. The van der Waals surface area contributed by atoms with Crippen molar-refractivity contribution in [1.82, 2.24) is 9.29 Å². The van der Waals surface area contributed by atoms with E-state index in [0.717, 1.165) is 0 Å². The normalized spacial score (nSPS) is 11.9. The first-order valence-electron chi connectivity index (χ1n) is 6.40. The van der Waals surface area contributed by atoms with E-state index in [1.54, 1.807) is 44.3 Å². The van der Waals surface area contributed by atoms with Gasteiger partial charge in [-0.1, -0.05) is 13.8 Å². The van der Waals surface area contributed by atoms with Crippen LogP contribution in [-0.2, 0) is 10.2 Å². The topological polar surface area (TPSA) is 88.3 Å². The molecule has 108 valence electrons. The van der Waals surface area contributed by atoms with E-state index < -0.39 is 10.2 Å². The molecule has 1 aromatic carbocycles. The Bertz CT molecular complexity index is 711. The molecule has 1 heterocycles. The summed E-state index contributed by atoms with van der Waals surface area (Å²) in [7, 11) is -3.57. The van der Waals surface area contributed by atoms with E-state index in [9.17, 15) is 8.42 Å². The number of nitrogens with one attached hydrogen (secondary N) is 1. The largest absolute Gasteiger partial charge is 0.397 e. The van der Waals surface area contributed by atoms with Crippen LogP contribution >= 0.6 is 0 Å². The molecular formula is C13H18N4O2S. The van der Waals surface area contributed by atoms with Gasteiger partial charge in [-0.05, 0) is 24.3 Å². The van der Waals surface area contributed by atoms with E-state index in [0.29, 0.717) is 35.4 Å². The predicted octanol–water partition coefficient (Wildman–Crippen LogP) is 1.82. The van der Waals surface area contributed by atoms with E-state index in [-0.39, 0.29) is 0 Å². The second kappa shape index (κ2) is 5.64. The van der Waals surface area contributed by atoms with Crippen molar-refractivity contribution in [2.45, 2.75) is 13.8 Å². The lowest BCUT2D eigenvalue weighted by Gasteiger charge is -2.20. The highest BCUT2D eigenvalue weighted by Gasteiger charge is 2.19. The fraction of sp³-hybridized carbons (Fsp3) is 0.308. The molecule has 0 saturated carbocycles. The Morgan fingerprint density at radius 2 is 1.95 bits per heavy atom. The van der Waals surface area contributed by atoms with Crippen LogP contribution in [0.1, 0.15) is 13.8 Å². The second-order valence-electron chi connectivity index (χ2n) is 4.29. The van der Waals surface area contributed by atoms with E-state index in [1.807, 2.05) is 0 Å². The van der Waals surface area contributed by atoms with Gasteiger partial charge in [0.25, 0.3) is 0 Å². The standard InChI is InChI=1S/C13H18N4O2S/c1-3-17(4-2)20(18,19)16-12-8-7-11(14)13-10(12)6-5-9-15-13/h5-9,16H,3-4,14H2,1-2H3. The van der Waals surface area contributed by atoms with Gasteiger partial charge in [0.1, 0.15) is 0 Å². The molecule has 2 rings (SSSR count). The maximum atomic E-state index is 12.3. The maximum absolute atomic E-state index is 12.3. The van der Waals surface area contributed by atoms with E-state index in [1.165, 1.54) is 4.31 Å². The third kappa shape index (κ3) is 2.68. The molecule has 0 unspecified atom stereocenters. The SMILES string of the molecule is CCN(CC)S(=O)(=O)Nc1ccc(N)c2ncccc12. The molecule has 0 bridgehead atoms. The lowest BCUT2D eigenvalue weighted by Crippen LogP contribution is -2.35. The van der Waals surface area contributed by atoms with Crippen LogP contribution in [0.15, 0.2) is 30.5 Å². The summed E-state index contributed by atoms with van der Waals surface area (Å²) in [6.07, 6.45) is 1.63. The van der Waals surface area contributed by atoms with E-state index in [2.05, 4.69) is 9.71 Å². The smallest absolute Gasteiger partial charge is 0.301 e. The predicted molar refractivity (Wildman–Crippen MR) is 81.6 cm³/mol. The Balaban J connectivity index is 2.48. The zero-order valence-electron chi connectivity index (χ0n) is 11.5. The number of hydrogen-bond acceptors (Lipinski definition) is 4. The van der Waals surface area contributed by atoms with Crippen LogP contribution in [-0.4, -0.2) is 30.8 Å². The molecule has 0 fully saturated rings. The lowest BCUT2D eigenvalue weighted by molar-refractivity contribution is 0.449. The lowest BCUT2D eigenvalue weighted by atomic mass is 10.1. The van der Waals surface area contributed by atoms with Gasteiger partial charge in [-0.25, -0.2) is 0 Å². The molecule has 0 radical (unpaired) electrons. The Morgan fingerprint density at radius 1 is 1.25 bits per heavy atom. The molecule has 0 aliphatic rings. The summed E-state index contributed by atoms with van der Waals surface area (Å²) in [5.74, 6) is 0. The summed E-state index contributed by atoms with van der Waals surface area (Å²) in [6.45, 7) is 4.42. The highest BCUT2D eigenvalue weighted by Crippen LogP contribution is 2.27. The molecule has 20 heavy (non-hydrogen) atoms. The van der Waals surface area contributed by atoms with Gasteiger partial charge in [0, 0.05) is 24.7 Å². The minimum atomic E-state index is -3.57. The number of benzene rings is 1. The molecule has 3 N–H and O–H groups in total. The summed E-state index contributed by atoms with van der Waals surface area (Å²) < 4.78 is 28.5. The van der Waals surface area contributed by atoms with Crippen molar-refractivity contribution in [2.24, 2.45) is 0 Å². The van der Waals surface area contributed by atoms with Crippen molar-refractivity contribution in [3.8, 4) is 0 Å². The molecule has 0 aliphatic heterocycles. The summed E-state index contributed by atoms with van der Waals surface area (Å²) in [5, 5.41) is 0.684. The fourth-order valence-corrected chi connectivity index (χ4v) is 3.32. The molecule has 6 nitrogen and oxygen atoms in total. The quantitative estimate of drug-likeness (QED) is 0.823. The van der Waals surface area contributed by atoms with Crippen LogP contribution in [0.5, 0.6) is 0 Å². The molecule has 0 spiro atoms. The first-order chi connectivity index (χ1) is 9.49. The summed E-state index contributed by atoms with van der Waals surface area (Å²) in [6, 6.07) is 6.84. The maximum Gasteiger partial charge on any atom is 0.301 e. The summed E-state index contributed by atoms with van der Waals surface area (Å²) in [4.78, 5) is 4.18. The van der Waals surface area contributed by atoms with Gasteiger partial charge in [-0.3, -0.25) is 9.71 Å². The Morgan fingerprint density at radius 3 is 2.60 bits per heavy atom. The average Bonchev–Trinajstić information content (AvgIpc) is 2.43. The van der Waals surface area contributed by atoms with Gasteiger partial charge in [0.2, 0.25) is 0 Å². The highest BCUT2D eigenvalue weighted by atomic mass is 32.2. The zero-order valence-corrected chi connectivity index (χ0v) is 12.3. The number of pyridine rings is 1. The molecule has 0 saturated heterocycles. The Hall–Kier alpha value is -1.86. The zero-order chi connectivity index (χ0) is 14.8. The van der Waals surface area contributed by atoms with Gasteiger partial charge in [0.05, 0.1) is 16.9 Å². The first kappa shape index (κ1) is 14.5. The summed E-state index contributed by atoms with van der Waals surface area (Å²) in [5.41, 5.74) is 7.44. The number of aromatic nitrogens is 1. The van der Waals surface area contributed by atoms with Crippen LogP contribution in [0.2, 0.25) is 0 Å². The van der Waals surface area contributed by atoms with Crippen molar-refractivity contribution in [2.75, 3.05) is 23.5 Å². The van der Waals surface area contributed by atoms with Crippen molar-refractivity contribution in [1.29, 1.82) is 0 Å². The number of nitrogens with two attached hydrogens (primary N) is 1. The monoisotopic (exact) mass is 294 g/mol. The van der Waals surface area contributed by atoms with Gasteiger partial charge in [0.15, 0.2) is 0 Å². The molecular weight excluding hydrogens is 276 g/mol. The van der Waals surface area contributed by atoms with Crippen LogP contribution in [0.3, 0.4) is 0 Å². The third-order valence-corrected chi connectivity index (χ3v) is 4.76. The van der Waals surface area contributed by atoms with Crippen molar-refractivity contribution in [3.63, 3.8) is 0 Å². The molecule has 1 aromatic heterocycles. The number of nitrogen functional groups attached to an aromatic ring is 1. The minimum Gasteiger partial charge on any atom is -0.397 e. The van der Waals surface area contributed by atoms with Gasteiger partial charge in [-0.15, -0.1) is 0 Å². The van der Waals surface area contributed by atoms with Crippen LogP contribution in [0.25, 0.3) is 10.9 Å². The second-order valence-corrected chi connectivity index (χ2v) is 5.96. The molecule has 7 heteroatoms. The summed E-state index contributed by atoms with van der Waals surface area (Å²) >= 11 is 0. The van der Waals surface area contributed by atoms with Crippen LogP contribution < -0.4 is 10.5 Å². The number of anilines is 2. The highest BCUT2D eigenvalue weighted by molar-refractivity contribution is 7.90. The number of nitrogens with zero attached hydrogens (tertiary/aromatic N) is 2.